The van der Waals surface area contributed by atoms with Crippen molar-refractivity contribution in [2.24, 2.45) is 0 Å². The van der Waals surface area contributed by atoms with Crippen molar-refractivity contribution in [3.63, 3.8) is 0 Å². The summed E-state index contributed by atoms with van der Waals surface area (Å²) < 4.78 is 5.17. The molecule has 1 heterocycles. The lowest BCUT2D eigenvalue weighted by Gasteiger charge is -2.19. The lowest BCUT2D eigenvalue weighted by atomic mass is 10.1. The second kappa shape index (κ2) is 5.51. The molecular formula is C16H14Cl2N2O. The minimum atomic E-state index is 0.595. The molecule has 0 bridgehead atoms. The number of hydrogen-bond donors (Lipinski definition) is 1. The van der Waals surface area contributed by atoms with Crippen LogP contribution in [0.3, 0.4) is 0 Å². The van der Waals surface area contributed by atoms with Crippen LogP contribution in [0, 0.1) is 0 Å². The van der Waals surface area contributed by atoms with Crippen LogP contribution in [0.15, 0.2) is 70.0 Å². The van der Waals surface area contributed by atoms with Gasteiger partial charge in [-0.15, -0.1) is 0 Å². The van der Waals surface area contributed by atoms with E-state index in [9.17, 15) is 0 Å². The largest absolute Gasteiger partial charge is 0.497 e. The molecule has 0 aromatic heterocycles. The Labute approximate surface area is 133 Å². The third-order valence-electron chi connectivity index (χ3n) is 3.41. The number of fused-ring (bicyclic) bond motifs is 1. The summed E-state index contributed by atoms with van der Waals surface area (Å²) in [6.45, 7) is 4.13. The van der Waals surface area contributed by atoms with Gasteiger partial charge >= 0.3 is 0 Å². The van der Waals surface area contributed by atoms with Gasteiger partial charge in [0, 0.05) is 17.0 Å². The maximum atomic E-state index is 6.34. The molecule has 0 amide bonds. The minimum Gasteiger partial charge on any atom is -0.497 e. The maximum absolute atomic E-state index is 6.34. The van der Waals surface area contributed by atoms with Crippen LogP contribution >= 0.6 is 23.2 Å². The van der Waals surface area contributed by atoms with Crippen LogP contribution in [0.4, 0.5) is 5.69 Å². The Morgan fingerprint density at radius 2 is 1.95 bits per heavy atom. The van der Waals surface area contributed by atoms with Crippen molar-refractivity contribution < 1.29 is 4.74 Å². The van der Waals surface area contributed by atoms with Gasteiger partial charge in [0.1, 0.15) is 5.75 Å². The molecule has 1 aliphatic heterocycles. The van der Waals surface area contributed by atoms with Gasteiger partial charge in [0.25, 0.3) is 0 Å². The number of halogens is 2. The first-order valence-electron chi connectivity index (χ1n) is 6.46. The summed E-state index contributed by atoms with van der Waals surface area (Å²) in [4.78, 5) is 0. The maximum Gasteiger partial charge on any atom is 0.119 e. The molecule has 1 aliphatic carbocycles. The first-order valence-corrected chi connectivity index (χ1v) is 7.22. The van der Waals surface area contributed by atoms with Gasteiger partial charge in [-0.3, -0.25) is 10.4 Å². The average Bonchev–Trinajstić information content (AvgIpc) is 2.74. The molecule has 0 atom stereocenters. The number of hydrogen-bond acceptors (Lipinski definition) is 3. The SMILES string of the molecule is C=C1C2=C(Cl)C=C(Cl)CC=C2NN1c1ccc(OC)cc1. The Morgan fingerprint density at radius 3 is 2.62 bits per heavy atom. The topological polar surface area (TPSA) is 24.5 Å². The molecule has 2 aliphatic rings. The predicted octanol–water partition coefficient (Wildman–Crippen LogP) is 4.44. The minimum absolute atomic E-state index is 0.595. The number of rotatable bonds is 2. The lowest BCUT2D eigenvalue weighted by molar-refractivity contribution is 0.415. The molecule has 3 nitrogen and oxygen atoms in total. The van der Waals surface area contributed by atoms with Gasteiger partial charge in [0.15, 0.2) is 0 Å². The number of methoxy groups -OCH3 is 1. The van der Waals surface area contributed by atoms with E-state index in [4.69, 9.17) is 27.9 Å². The second-order valence-electron chi connectivity index (χ2n) is 4.73. The van der Waals surface area contributed by atoms with Crippen LogP contribution in [0.5, 0.6) is 5.75 Å². The van der Waals surface area contributed by atoms with Crippen molar-refractivity contribution in [1.29, 1.82) is 0 Å². The van der Waals surface area contributed by atoms with Crippen LogP contribution in [-0.4, -0.2) is 7.11 Å². The fourth-order valence-electron chi connectivity index (χ4n) is 2.35. The zero-order valence-electron chi connectivity index (χ0n) is 11.5. The van der Waals surface area contributed by atoms with Crippen molar-refractivity contribution in [3.8, 4) is 5.75 Å². The zero-order chi connectivity index (χ0) is 15.0. The summed E-state index contributed by atoms with van der Waals surface area (Å²) in [5, 5.41) is 3.20. The van der Waals surface area contributed by atoms with Gasteiger partial charge in [0.2, 0.25) is 0 Å². The first-order chi connectivity index (χ1) is 10.1. The van der Waals surface area contributed by atoms with E-state index >= 15 is 0 Å². The van der Waals surface area contributed by atoms with E-state index in [1.165, 1.54) is 0 Å². The smallest absolute Gasteiger partial charge is 0.119 e. The van der Waals surface area contributed by atoms with Crippen molar-refractivity contribution >= 4 is 28.9 Å². The van der Waals surface area contributed by atoms with Crippen LogP contribution in [0.2, 0.25) is 0 Å². The summed E-state index contributed by atoms with van der Waals surface area (Å²) in [5.74, 6) is 0.809. The normalized spacial score (nSPS) is 17.9. The van der Waals surface area contributed by atoms with E-state index in [0.29, 0.717) is 16.5 Å². The Morgan fingerprint density at radius 1 is 1.24 bits per heavy atom. The van der Waals surface area contributed by atoms with Crippen LogP contribution in [0.1, 0.15) is 6.42 Å². The van der Waals surface area contributed by atoms with Gasteiger partial charge in [0.05, 0.1) is 29.2 Å². The van der Waals surface area contributed by atoms with E-state index < -0.39 is 0 Å². The molecule has 1 aromatic rings. The van der Waals surface area contributed by atoms with Gasteiger partial charge in [-0.25, -0.2) is 0 Å². The number of ether oxygens (including phenoxy) is 1. The lowest BCUT2D eigenvalue weighted by Crippen LogP contribution is -2.28. The molecule has 1 aromatic carbocycles. The summed E-state index contributed by atoms with van der Waals surface area (Å²) in [6.07, 6.45) is 4.43. The van der Waals surface area contributed by atoms with Gasteiger partial charge in [-0.1, -0.05) is 35.9 Å². The van der Waals surface area contributed by atoms with Gasteiger partial charge < -0.3 is 4.74 Å². The molecule has 21 heavy (non-hydrogen) atoms. The van der Waals surface area contributed by atoms with Gasteiger partial charge in [-0.05, 0) is 30.3 Å². The van der Waals surface area contributed by atoms with E-state index in [1.807, 2.05) is 35.4 Å². The summed E-state index contributed by atoms with van der Waals surface area (Å²) >= 11 is 12.4. The Hall–Kier alpha value is -1.84. The highest BCUT2D eigenvalue weighted by Crippen LogP contribution is 2.38. The Kier molecular flexibility index (Phi) is 3.70. The van der Waals surface area contributed by atoms with E-state index in [2.05, 4.69) is 12.0 Å². The number of nitrogens with zero attached hydrogens (tertiary/aromatic N) is 1. The quantitative estimate of drug-likeness (QED) is 0.872. The highest BCUT2D eigenvalue weighted by Gasteiger charge is 2.29. The number of hydrazine groups is 1. The average molecular weight is 321 g/mol. The molecule has 0 radical (unpaired) electrons. The van der Waals surface area contributed by atoms with Crippen LogP contribution < -0.4 is 15.2 Å². The molecule has 108 valence electrons. The number of nitrogens with one attached hydrogen (secondary N) is 1. The highest BCUT2D eigenvalue weighted by atomic mass is 35.5. The molecule has 5 heteroatoms. The number of benzene rings is 1. The third kappa shape index (κ3) is 2.55. The summed E-state index contributed by atoms with van der Waals surface area (Å²) in [6, 6.07) is 7.72. The predicted molar refractivity (Wildman–Crippen MR) is 87.3 cm³/mol. The second-order valence-corrected chi connectivity index (χ2v) is 5.62. The van der Waals surface area contributed by atoms with E-state index in [1.54, 1.807) is 13.2 Å². The van der Waals surface area contributed by atoms with Crippen molar-refractivity contribution in [1.82, 2.24) is 5.43 Å². The fraction of sp³-hybridized carbons (Fsp3) is 0.125. The fourth-order valence-corrected chi connectivity index (χ4v) is 2.93. The zero-order valence-corrected chi connectivity index (χ0v) is 13.0. The first kappa shape index (κ1) is 14.1. The molecule has 0 saturated carbocycles. The molecule has 0 unspecified atom stereocenters. The summed E-state index contributed by atoms with van der Waals surface area (Å²) in [7, 11) is 1.64. The van der Waals surface area contributed by atoms with Crippen molar-refractivity contribution in [2.45, 2.75) is 6.42 Å². The van der Waals surface area contributed by atoms with Crippen LogP contribution in [-0.2, 0) is 0 Å². The highest BCUT2D eigenvalue weighted by molar-refractivity contribution is 6.35. The molecular weight excluding hydrogens is 307 g/mol. The molecule has 1 N–H and O–H groups in total. The van der Waals surface area contributed by atoms with Crippen LogP contribution in [0.25, 0.3) is 0 Å². The monoisotopic (exact) mass is 320 g/mol. The Balaban J connectivity index is 1.98. The summed E-state index contributed by atoms with van der Waals surface area (Å²) in [5.41, 5.74) is 6.86. The van der Waals surface area contributed by atoms with Gasteiger partial charge in [-0.2, -0.15) is 0 Å². The Bertz CT molecular complexity index is 687. The molecule has 1 saturated heterocycles. The van der Waals surface area contributed by atoms with E-state index in [-0.39, 0.29) is 0 Å². The van der Waals surface area contributed by atoms with E-state index in [0.717, 1.165) is 28.4 Å². The molecule has 3 rings (SSSR count). The van der Waals surface area contributed by atoms with Crippen molar-refractivity contribution in [2.75, 3.05) is 12.1 Å². The number of allylic oxidation sites excluding steroid dienone is 4. The third-order valence-corrected chi connectivity index (χ3v) is 3.98. The molecule has 1 fully saturated rings. The van der Waals surface area contributed by atoms with Crippen molar-refractivity contribution in [3.05, 3.63) is 70.0 Å². The molecule has 0 spiro atoms. The standard InChI is InChI=1S/C16H14Cl2N2O/c1-10-16-14(18)9-11(17)3-8-15(16)19-20(10)12-4-6-13(21-2)7-5-12/h4-9,19H,1,3H2,2H3. The number of anilines is 1.